The van der Waals surface area contributed by atoms with Crippen molar-refractivity contribution in [1.29, 1.82) is 0 Å². The number of nitrogens with zero attached hydrogens (tertiary/aromatic N) is 2. The zero-order valence-corrected chi connectivity index (χ0v) is 14.2. The lowest BCUT2D eigenvalue weighted by molar-refractivity contribution is 0.0970. The molecular formula is C12H12Br2N2O2S. The predicted octanol–water partition coefficient (Wildman–Crippen LogP) is 3.53. The van der Waals surface area contributed by atoms with E-state index >= 15 is 0 Å². The molecule has 0 bridgehead atoms. The molecule has 0 fully saturated rings. The summed E-state index contributed by atoms with van der Waals surface area (Å²) in [5.41, 5.74) is 0.465. The predicted molar refractivity (Wildman–Crippen MR) is 83.0 cm³/mol. The van der Waals surface area contributed by atoms with Crippen LogP contribution >= 0.6 is 43.2 Å². The Morgan fingerprint density at radius 2 is 2.00 bits per heavy atom. The monoisotopic (exact) mass is 406 g/mol. The van der Waals surface area contributed by atoms with Crippen LogP contribution in [0, 0.1) is 0 Å². The van der Waals surface area contributed by atoms with Gasteiger partial charge in [0, 0.05) is 24.5 Å². The quantitative estimate of drug-likeness (QED) is 0.711. The van der Waals surface area contributed by atoms with E-state index in [1.54, 1.807) is 23.0 Å². The third-order valence-electron chi connectivity index (χ3n) is 2.65. The summed E-state index contributed by atoms with van der Waals surface area (Å²) in [6, 6.07) is 1.77. The molecule has 0 radical (unpaired) electrons. The summed E-state index contributed by atoms with van der Waals surface area (Å²) in [5.74, 6) is -0.0785. The summed E-state index contributed by atoms with van der Waals surface area (Å²) in [6.07, 6.45) is 4.27. The molecule has 0 aliphatic carbocycles. The maximum Gasteiger partial charge on any atom is 0.328 e. The summed E-state index contributed by atoms with van der Waals surface area (Å²) < 4.78 is 4.73. The highest BCUT2D eigenvalue weighted by Crippen LogP contribution is 2.32. The lowest BCUT2D eigenvalue weighted by atomic mass is 10.2. The van der Waals surface area contributed by atoms with E-state index in [2.05, 4.69) is 31.9 Å². The Balaban J connectivity index is 2.20. The highest BCUT2D eigenvalue weighted by molar-refractivity contribution is 9.12. The molecule has 0 saturated carbocycles. The minimum Gasteiger partial charge on any atom is -0.299 e. The fraction of sp³-hybridized carbons (Fsp3) is 0.333. The molecule has 7 heteroatoms. The van der Waals surface area contributed by atoms with Crippen LogP contribution in [-0.4, -0.2) is 14.9 Å². The Kier molecular flexibility index (Phi) is 4.81. The van der Waals surface area contributed by atoms with Crippen LogP contribution in [0.4, 0.5) is 0 Å². The molecule has 102 valence electrons. The van der Waals surface area contributed by atoms with Crippen molar-refractivity contribution < 1.29 is 4.79 Å². The number of halogens is 2. The van der Waals surface area contributed by atoms with E-state index in [1.165, 1.54) is 15.9 Å². The van der Waals surface area contributed by atoms with Crippen molar-refractivity contribution in [3.63, 3.8) is 0 Å². The molecule has 2 rings (SSSR count). The van der Waals surface area contributed by atoms with Gasteiger partial charge in [0.15, 0.2) is 5.78 Å². The molecule has 4 nitrogen and oxygen atoms in total. The molecule has 19 heavy (non-hydrogen) atoms. The number of aromatic nitrogens is 2. The maximum atomic E-state index is 12.2. The fourth-order valence-electron chi connectivity index (χ4n) is 1.76. The van der Waals surface area contributed by atoms with Gasteiger partial charge >= 0.3 is 5.69 Å². The van der Waals surface area contributed by atoms with E-state index in [4.69, 9.17) is 0 Å². The first-order valence-corrected chi connectivity index (χ1v) is 8.16. The second-order valence-electron chi connectivity index (χ2n) is 4.06. The number of carbonyl (C=O) groups excluding carboxylic acids is 1. The zero-order chi connectivity index (χ0) is 14.0. The van der Waals surface area contributed by atoms with Crippen LogP contribution in [0.15, 0.2) is 30.8 Å². The second-order valence-corrected chi connectivity index (χ2v) is 7.81. The summed E-state index contributed by atoms with van der Waals surface area (Å²) in [6.45, 7) is 2.75. The van der Waals surface area contributed by atoms with Crippen LogP contribution < -0.4 is 5.69 Å². The molecule has 0 aromatic carbocycles. The van der Waals surface area contributed by atoms with E-state index in [-0.39, 0.29) is 18.0 Å². The van der Waals surface area contributed by atoms with Crippen LogP contribution in [0.2, 0.25) is 0 Å². The van der Waals surface area contributed by atoms with E-state index in [0.29, 0.717) is 12.1 Å². The van der Waals surface area contributed by atoms with Gasteiger partial charge in [0.05, 0.1) is 14.1 Å². The maximum absolute atomic E-state index is 12.2. The Morgan fingerprint density at radius 3 is 2.58 bits per heavy atom. The second kappa shape index (κ2) is 6.19. The Bertz CT molecular complexity index is 657. The van der Waals surface area contributed by atoms with E-state index in [0.717, 1.165) is 14.0 Å². The van der Waals surface area contributed by atoms with Gasteiger partial charge < -0.3 is 0 Å². The van der Waals surface area contributed by atoms with Crippen molar-refractivity contribution in [1.82, 2.24) is 9.13 Å². The first-order valence-electron chi connectivity index (χ1n) is 5.76. The third-order valence-corrected chi connectivity index (χ3v) is 4.99. The van der Waals surface area contributed by atoms with Gasteiger partial charge in [0.25, 0.3) is 0 Å². The molecule has 0 saturated heterocycles. The zero-order valence-electron chi connectivity index (χ0n) is 10.2. The lowest BCUT2D eigenvalue weighted by Gasteiger charge is -2.00. The highest BCUT2D eigenvalue weighted by Gasteiger charge is 2.15. The van der Waals surface area contributed by atoms with Crippen molar-refractivity contribution in [2.45, 2.75) is 26.4 Å². The SMILES string of the molecule is CCCn1ccn(CC(=O)c2cc(Br)sc2Br)c1=O. The summed E-state index contributed by atoms with van der Waals surface area (Å²) in [4.78, 5) is 24.1. The van der Waals surface area contributed by atoms with Gasteiger partial charge in [-0.3, -0.25) is 13.9 Å². The van der Waals surface area contributed by atoms with Crippen molar-refractivity contribution >= 4 is 49.0 Å². The van der Waals surface area contributed by atoms with Gasteiger partial charge in [-0.25, -0.2) is 4.79 Å². The Labute approximate surface area is 131 Å². The molecule has 2 aromatic rings. The Morgan fingerprint density at radius 1 is 1.32 bits per heavy atom. The van der Waals surface area contributed by atoms with Gasteiger partial charge in [-0.2, -0.15) is 0 Å². The topological polar surface area (TPSA) is 44.0 Å². The number of thiophene rings is 1. The average molecular weight is 408 g/mol. The van der Waals surface area contributed by atoms with Gasteiger partial charge in [-0.1, -0.05) is 6.92 Å². The van der Waals surface area contributed by atoms with Crippen LogP contribution in [0.5, 0.6) is 0 Å². The smallest absolute Gasteiger partial charge is 0.299 e. The van der Waals surface area contributed by atoms with E-state index in [9.17, 15) is 9.59 Å². The van der Waals surface area contributed by atoms with Crippen molar-refractivity contribution in [2.75, 3.05) is 0 Å². The van der Waals surface area contributed by atoms with E-state index in [1.807, 2.05) is 6.92 Å². The van der Waals surface area contributed by atoms with Crippen molar-refractivity contribution in [2.24, 2.45) is 0 Å². The largest absolute Gasteiger partial charge is 0.328 e. The highest BCUT2D eigenvalue weighted by atomic mass is 79.9. The number of ketones is 1. The number of carbonyl (C=O) groups is 1. The first-order chi connectivity index (χ1) is 9.02. The number of rotatable bonds is 5. The number of hydrogen-bond acceptors (Lipinski definition) is 3. The van der Waals surface area contributed by atoms with Gasteiger partial charge in [0.2, 0.25) is 0 Å². The van der Waals surface area contributed by atoms with Gasteiger partial charge in [0.1, 0.15) is 0 Å². The number of hydrogen-bond donors (Lipinski definition) is 0. The standard InChI is InChI=1S/C12H12Br2N2O2S/c1-2-3-15-4-5-16(12(15)18)7-9(17)8-6-10(13)19-11(8)14/h4-6H,2-3,7H2,1H3. The molecule has 0 N–H and O–H groups in total. The van der Waals surface area contributed by atoms with Crippen LogP contribution in [0.3, 0.4) is 0 Å². The molecule has 2 aromatic heterocycles. The number of imidazole rings is 1. The third kappa shape index (κ3) is 3.27. The number of aryl methyl sites for hydroxylation is 1. The van der Waals surface area contributed by atoms with Crippen LogP contribution in [0.1, 0.15) is 23.7 Å². The van der Waals surface area contributed by atoms with Gasteiger partial charge in [-0.15, -0.1) is 11.3 Å². The fourth-order valence-corrected chi connectivity index (χ4v) is 4.61. The summed E-state index contributed by atoms with van der Waals surface area (Å²) >= 11 is 8.14. The van der Waals surface area contributed by atoms with E-state index < -0.39 is 0 Å². The molecule has 0 atom stereocenters. The molecule has 2 heterocycles. The summed E-state index contributed by atoms with van der Waals surface area (Å²) in [7, 11) is 0. The molecule has 0 aliphatic rings. The minimum atomic E-state index is -0.138. The molecule has 0 spiro atoms. The normalized spacial score (nSPS) is 10.9. The van der Waals surface area contributed by atoms with Gasteiger partial charge in [-0.05, 0) is 44.3 Å². The lowest BCUT2D eigenvalue weighted by Crippen LogP contribution is -2.26. The van der Waals surface area contributed by atoms with Crippen molar-refractivity contribution in [3.05, 3.63) is 42.1 Å². The molecular weight excluding hydrogens is 396 g/mol. The number of Topliss-reactive ketones (excluding diaryl/α,β-unsaturated/α-hetero) is 1. The molecule has 0 aliphatic heterocycles. The molecule has 0 amide bonds. The van der Waals surface area contributed by atoms with Crippen LogP contribution in [-0.2, 0) is 13.1 Å². The first kappa shape index (κ1) is 14.7. The average Bonchev–Trinajstić information content (AvgIpc) is 2.86. The summed E-state index contributed by atoms with van der Waals surface area (Å²) in [5, 5.41) is 0. The molecule has 0 unspecified atom stereocenters. The minimum absolute atomic E-state index is 0.0668. The Hall–Kier alpha value is -0.660. The van der Waals surface area contributed by atoms with Crippen LogP contribution in [0.25, 0.3) is 0 Å². The van der Waals surface area contributed by atoms with Crippen molar-refractivity contribution in [3.8, 4) is 0 Å².